The maximum Gasteiger partial charge on any atom is 0.196 e. The third-order valence-corrected chi connectivity index (χ3v) is 3.54. The number of benzene rings is 1. The van der Waals surface area contributed by atoms with E-state index in [-0.39, 0.29) is 0 Å². The molecule has 4 nitrogen and oxygen atoms in total. The zero-order valence-corrected chi connectivity index (χ0v) is 10.2. The van der Waals surface area contributed by atoms with Crippen molar-refractivity contribution >= 4 is 11.8 Å². The number of fused-ring (bicyclic) bond motifs is 1. The summed E-state index contributed by atoms with van der Waals surface area (Å²) >= 11 is 1.58. The lowest BCUT2D eigenvalue weighted by Crippen LogP contribution is -1.96. The van der Waals surface area contributed by atoms with E-state index in [9.17, 15) is 0 Å². The van der Waals surface area contributed by atoms with Crippen molar-refractivity contribution in [1.29, 1.82) is 0 Å². The molecule has 2 heterocycles. The summed E-state index contributed by atoms with van der Waals surface area (Å²) in [5, 5.41) is 9.28. The molecule has 0 bridgehead atoms. The number of ether oxygens (including phenoxy) is 1. The van der Waals surface area contributed by atoms with Gasteiger partial charge in [0.15, 0.2) is 11.0 Å². The van der Waals surface area contributed by atoms with Crippen LogP contribution >= 0.6 is 11.8 Å². The Morgan fingerprint density at radius 1 is 1.29 bits per heavy atom. The van der Waals surface area contributed by atoms with Crippen LogP contribution in [-0.4, -0.2) is 21.9 Å². The van der Waals surface area contributed by atoms with Crippen LogP contribution < -0.4 is 4.74 Å². The van der Waals surface area contributed by atoms with Gasteiger partial charge in [-0.25, -0.2) is 0 Å². The third-order valence-electron chi connectivity index (χ3n) is 2.64. The van der Waals surface area contributed by atoms with Crippen LogP contribution in [0.4, 0.5) is 0 Å². The van der Waals surface area contributed by atoms with Crippen molar-refractivity contribution in [1.82, 2.24) is 14.8 Å². The Morgan fingerprint density at radius 3 is 2.76 bits per heavy atom. The van der Waals surface area contributed by atoms with Gasteiger partial charge in [-0.1, -0.05) is 18.3 Å². The molecule has 3 rings (SSSR count). The summed E-state index contributed by atoms with van der Waals surface area (Å²) in [7, 11) is 1.66. The van der Waals surface area contributed by atoms with Crippen LogP contribution in [-0.2, 0) is 6.54 Å². The molecule has 0 N–H and O–H groups in total. The molecule has 0 atom stereocenters. The van der Waals surface area contributed by atoms with Gasteiger partial charge in [0.05, 0.1) is 13.7 Å². The van der Waals surface area contributed by atoms with Crippen molar-refractivity contribution in [2.24, 2.45) is 0 Å². The molecule has 1 aromatic heterocycles. The standard InChI is InChI=1S/C12H11N3OS/c1-8-7-15-11(13-14-12(15)17-8)9-3-5-10(16-2)6-4-9/h3-6H,1,7H2,2H3. The van der Waals surface area contributed by atoms with E-state index in [0.29, 0.717) is 0 Å². The van der Waals surface area contributed by atoms with Crippen molar-refractivity contribution in [3.8, 4) is 17.1 Å². The van der Waals surface area contributed by atoms with Crippen LogP contribution in [0.1, 0.15) is 0 Å². The van der Waals surface area contributed by atoms with Crippen molar-refractivity contribution in [3.05, 3.63) is 35.7 Å². The summed E-state index contributed by atoms with van der Waals surface area (Å²) in [6.07, 6.45) is 0. The lowest BCUT2D eigenvalue weighted by Gasteiger charge is -2.03. The van der Waals surface area contributed by atoms with E-state index < -0.39 is 0 Å². The highest BCUT2D eigenvalue weighted by Gasteiger charge is 2.21. The van der Waals surface area contributed by atoms with E-state index in [1.807, 2.05) is 24.3 Å². The second kappa shape index (κ2) is 3.92. The lowest BCUT2D eigenvalue weighted by molar-refractivity contribution is 0.415. The Balaban J connectivity index is 2.01. The minimum absolute atomic E-state index is 0.786. The topological polar surface area (TPSA) is 39.9 Å². The van der Waals surface area contributed by atoms with Crippen molar-refractivity contribution in [2.75, 3.05) is 7.11 Å². The van der Waals surface area contributed by atoms with Crippen LogP contribution in [0.25, 0.3) is 11.4 Å². The number of hydrogen-bond acceptors (Lipinski definition) is 4. The highest BCUT2D eigenvalue weighted by Crippen LogP contribution is 2.35. The molecule has 86 valence electrons. The predicted molar refractivity (Wildman–Crippen MR) is 67.0 cm³/mol. The number of methoxy groups -OCH3 is 1. The molecule has 0 fully saturated rings. The van der Waals surface area contributed by atoms with Gasteiger partial charge in [0, 0.05) is 10.5 Å². The van der Waals surface area contributed by atoms with Gasteiger partial charge in [-0.3, -0.25) is 4.57 Å². The summed E-state index contributed by atoms with van der Waals surface area (Å²) in [6.45, 7) is 4.74. The molecule has 0 spiro atoms. The van der Waals surface area contributed by atoms with Crippen molar-refractivity contribution in [3.63, 3.8) is 0 Å². The van der Waals surface area contributed by atoms with E-state index >= 15 is 0 Å². The Kier molecular flexibility index (Phi) is 2.40. The molecule has 0 saturated carbocycles. The summed E-state index contributed by atoms with van der Waals surface area (Å²) in [6, 6.07) is 7.82. The number of rotatable bonds is 2. The number of allylic oxidation sites excluding steroid dienone is 1. The molecule has 17 heavy (non-hydrogen) atoms. The fourth-order valence-corrected chi connectivity index (χ4v) is 2.59. The highest BCUT2D eigenvalue weighted by atomic mass is 32.2. The quantitative estimate of drug-likeness (QED) is 0.815. The lowest BCUT2D eigenvalue weighted by atomic mass is 10.2. The van der Waals surface area contributed by atoms with Gasteiger partial charge in [0.2, 0.25) is 0 Å². The van der Waals surface area contributed by atoms with Crippen LogP contribution in [0.5, 0.6) is 5.75 Å². The molecule has 0 saturated heterocycles. The average Bonchev–Trinajstić information content (AvgIpc) is 2.88. The molecular weight excluding hydrogens is 234 g/mol. The zero-order chi connectivity index (χ0) is 11.8. The third kappa shape index (κ3) is 1.72. The first-order valence-electron chi connectivity index (χ1n) is 5.21. The van der Waals surface area contributed by atoms with E-state index in [0.717, 1.165) is 33.7 Å². The van der Waals surface area contributed by atoms with Gasteiger partial charge in [0.1, 0.15) is 5.75 Å². The molecule has 0 aliphatic carbocycles. The van der Waals surface area contributed by atoms with E-state index in [1.165, 1.54) is 0 Å². The van der Waals surface area contributed by atoms with E-state index in [4.69, 9.17) is 4.74 Å². The molecule has 1 aromatic carbocycles. The van der Waals surface area contributed by atoms with Crippen molar-refractivity contribution in [2.45, 2.75) is 11.7 Å². The number of thioether (sulfide) groups is 1. The highest BCUT2D eigenvalue weighted by molar-refractivity contribution is 8.03. The predicted octanol–water partition coefficient (Wildman–Crippen LogP) is 2.57. The fraction of sp³-hybridized carbons (Fsp3) is 0.167. The molecule has 0 radical (unpaired) electrons. The molecule has 0 amide bonds. The van der Waals surface area contributed by atoms with Gasteiger partial charge < -0.3 is 4.74 Å². The molecule has 2 aromatic rings. The Hall–Kier alpha value is -1.75. The number of aromatic nitrogens is 3. The first-order valence-corrected chi connectivity index (χ1v) is 6.03. The molecule has 1 aliphatic heterocycles. The van der Waals surface area contributed by atoms with Crippen LogP contribution in [0.3, 0.4) is 0 Å². The first-order chi connectivity index (χ1) is 8.28. The van der Waals surface area contributed by atoms with Gasteiger partial charge in [0.25, 0.3) is 0 Å². The minimum Gasteiger partial charge on any atom is -0.497 e. The second-order valence-electron chi connectivity index (χ2n) is 3.76. The van der Waals surface area contributed by atoms with Crippen LogP contribution in [0.2, 0.25) is 0 Å². The maximum absolute atomic E-state index is 5.14. The second-order valence-corrected chi connectivity index (χ2v) is 4.91. The SMILES string of the molecule is C=C1Cn2c(nnc2-c2ccc(OC)cc2)S1. The number of nitrogens with zero attached hydrogens (tertiary/aromatic N) is 3. The maximum atomic E-state index is 5.14. The largest absolute Gasteiger partial charge is 0.497 e. The monoisotopic (exact) mass is 245 g/mol. The Bertz CT molecular complexity index is 574. The van der Waals surface area contributed by atoms with Gasteiger partial charge in [-0.2, -0.15) is 0 Å². The van der Waals surface area contributed by atoms with Gasteiger partial charge >= 0.3 is 0 Å². The first kappa shape index (κ1) is 10.4. The molecule has 0 unspecified atom stereocenters. The normalized spacial score (nSPS) is 13.8. The zero-order valence-electron chi connectivity index (χ0n) is 9.38. The summed E-state index contributed by atoms with van der Waals surface area (Å²) < 4.78 is 7.21. The number of hydrogen-bond donors (Lipinski definition) is 0. The van der Waals surface area contributed by atoms with Crippen molar-refractivity contribution < 1.29 is 4.74 Å². The summed E-state index contributed by atoms with van der Waals surface area (Å²) in [5.74, 6) is 1.72. The Morgan fingerprint density at radius 2 is 2.06 bits per heavy atom. The minimum atomic E-state index is 0.786. The average molecular weight is 245 g/mol. The molecular formula is C12H11N3OS. The van der Waals surface area contributed by atoms with E-state index in [1.54, 1.807) is 18.9 Å². The van der Waals surface area contributed by atoms with Crippen LogP contribution in [0, 0.1) is 0 Å². The molecule has 1 aliphatic rings. The van der Waals surface area contributed by atoms with Gasteiger partial charge in [-0.15, -0.1) is 10.2 Å². The van der Waals surface area contributed by atoms with E-state index in [2.05, 4.69) is 21.3 Å². The van der Waals surface area contributed by atoms with Gasteiger partial charge in [-0.05, 0) is 24.3 Å². The van der Waals surface area contributed by atoms with Crippen LogP contribution in [0.15, 0.2) is 40.9 Å². The smallest absolute Gasteiger partial charge is 0.196 e. The summed E-state index contributed by atoms with van der Waals surface area (Å²) in [4.78, 5) is 1.10. The fourth-order valence-electron chi connectivity index (χ4n) is 1.80. The summed E-state index contributed by atoms with van der Waals surface area (Å²) in [5.41, 5.74) is 1.04. The molecule has 5 heteroatoms. The Labute approximate surface area is 103 Å².